The van der Waals surface area contributed by atoms with Crippen molar-refractivity contribution >= 4 is 17.0 Å². The molecule has 0 bridgehead atoms. The topological polar surface area (TPSA) is 74.6 Å². The number of unbranched alkanes of at least 4 members (excludes halogenated alkanes) is 1. The Morgan fingerprint density at radius 2 is 2.00 bits per heavy atom. The molecule has 60 valence electrons. The fraction of sp³-hybridized carbons (Fsp3) is 0.800. The van der Waals surface area contributed by atoms with Crippen LogP contribution in [-0.4, -0.2) is 25.6 Å². The Hall–Kier alpha value is -0.420. The lowest BCUT2D eigenvalue weighted by Gasteiger charge is -1.92. The van der Waals surface area contributed by atoms with E-state index in [9.17, 15) is 9.00 Å². The molecule has 0 amide bonds. The molecule has 0 aliphatic heterocycles. The summed E-state index contributed by atoms with van der Waals surface area (Å²) >= 11 is -1.77. The van der Waals surface area contributed by atoms with Crippen LogP contribution in [0.4, 0.5) is 0 Å². The summed E-state index contributed by atoms with van der Waals surface area (Å²) in [6.07, 6.45) is 1.05. The van der Waals surface area contributed by atoms with Crippen LogP contribution >= 0.6 is 0 Å². The zero-order valence-corrected chi connectivity index (χ0v) is 6.26. The SMILES string of the molecule is O=C(O)CCCCS(=O)O. The second kappa shape index (κ2) is 5.37. The maximum atomic E-state index is 10.0. The molecule has 4 nitrogen and oxygen atoms in total. The van der Waals surface area contributed by atoms with Crippen LogP contribution in [0.1, 0.15) is 19.3 Å². The first-order valence-corrected chi connectivity index (χ1v) is 4.20. The molecule has 0 aliphatic rings. The second-order valence-corrected chi connectivity index (χ2v) is 2.93. The van der Waals surface area contributed by atoms with Crippen molar-refractivity contribution in [2.24, 2.45) is 0 Å². The Balaban J connectivity index is 3.06. The van der Waals surface area contributed by atoms with Gasteiger partial charge < -0.3 is 9.66 Å². The highest BCUT2D eigenvalue weighted by molar-refractivity contribution is 7.79. The van der Waals surface area contributed by atoms with Crippen LogP contribution in [0.25, 0.3) is 0 Å². The van der Waals surface area contributed by atoms with E-state index >= 15 is 0 Å². The van der Waals surface area contributed by atoms with Crippen molar-refractivity contribution in [2.45, 2.75) is 19.3 Å². The highest BCUT2D eigenvalue weighted by Crippen LogP contribution is 1.95. The minimum atomic E-state index is -1.77. The molecule has 1 atom stereocenters. The minimum absolute atomic E-state index is 0.0806. The fourth-order valence-electron chi connectivity index (χ4n) is 0.502. The van der Waals surface area contributed by atoms with Crippen molar-refractivity contribution in [3.63, 3.8) is 0 Å². The molecule has 0 saturated heterocycles. The molecule has 0 fully saturated rings. The van der Waals surface area contributed by atoms with E-state index in [2.05, 4.69) is 0 Å². The van der Waals surface area contributed by atoms with Crippen LogP contribution in [-0.2, 0) is 15.9 Å². The van der Waals surface area contributed by atoms with Gasteiger partial charge in [-0.3, -0.25) is 4.79 Å². The summed E-state index contributed by atoms with van der Waals surface area (Å²) in [5.74, 6) is -0.684. The quantitative estimate of drug-likeness (QED) is 0.459. The second-order valence-electron chi connectivity index (χ2n) is 1.88. The average molecular weight is 166 g/mol. The Morgan fingerprint density at radius 1 is 1.40 bits per heavy atom. The number of carbonyl (C=O) groups is 1. The summed E-state index contributed by atoms with van der Waals surface area (Å²) < 4.78 is 18.3. The fourth-order valence-corrected chi connectivity index (χ4v) is 0.953. The molecule has 0 aromatic heterocycles. The predicted octanol–water partition coefficient (Wildman–Crippen LogP) is 0.463. The molecule has 2 N–H and O–H groups in total. The molecule has 0 rings (SSSR count). The Morgan fingerprint density at radius 3 is 2.40 bits per heavy atom. The molecule has 0 aliphatic carbocycles. The van der Waals surface area contributed by atoms with Gasteiger partial charge >= 0.3 is 5.97 Å². The molecular weight excluding hydrogens is 156 g/mol. The lowest BCUT2D eigenvalue weighted by Crippen LogP contribution is -1.98. The van der Waals surface area contributed by atoms with Gasteiger partial charge in [0.2, 0.25) is 0 Å². The minimum Gasteiger partial charge on any atom is -0.481 e. The van der Waals surface area contributed by atoms with Crippen molar-refractivity contribution in [2.75, 3.05) is 5.75 Å². The third kappa shape index (κ3) is 7.58. The molecule has 10 heavy (non-hydrogen) atoms. The largest absolute Gasteiger partial charge is 0.481 e. The van der Waals surface area contributed by atoms with Crippen molar-refractivity contribution in [3.05, 3.63) is 0 Å². The number of hydrogen-bond donors (Lipinski definition) is 2. The molecule has 0 aromatic carbocycles. The highest BCUT2D eigenvalue weighted by Gasteiger charge is 1.97. The molecule has 0 aromatic rings. The number of carboxylic acid groups (broad SMARTS) is 1. The van der Waals surface area contributed by atoms with Gasteiger partial charge in [-0.05, 0) is 12.8 Å². The zero-order valence-electron chi connectivity index (χ0n) is 5.45. The van der Waals surface area contributed by atoms with Crippen LogP contribution in [0, 0.1) is 0 Å². The van der Waals surface area contributed by atoms with Gasteiger partial charge in [-0.2, -0.15) is 0 Å². The predicted molar refractivity (Wildman–Crippen MR) is 37.1 cm³/mol. The maximum Gasteiger partial charge on any atom is 0.303 e. The zero-order chi connectivity index (χ0) is 7.98. The first kappa shape index (κ1) is 9.58. The molecule has 0 saturated carbocycles. The standard InChI is InChI=1S/C5H10O4S/c6-5(7)3-1-2-4-10(8)9/h1-4H2,(H,6,7)(H,8,9). The normalized spacial score (nSPS) is 12.9. The van der Waals surface area contributed by atoms with Gasteiger partial charge in [-0.15, -0.1) is 0 Å². The van der Waals surface area contributed by atoms with Crippen molar-refractivity contribution in [1.29, 1.82) is 0 Å². The Labute approximate surface area is 61.5 Å². The first-order chi connectivity index (χ1) is 4.63. The number of aliphatic carboxylic acids is 1. The molecule has 1 unspecified atom stereocenters. The summed E-state index contributed by atoms with van der Waals surface area (Å²) in [5, 5.41) is 8.14. The molecule has 5 heteroatoms. The molecular formula is C5H10O4S. The van der Waals surface area contributed by atoms with E-state index < -0.39 is 17.0 Å². The van der Waals surface area contributed by atoms with Gasteiger partial charge in [-0.25, -0.2) is 4.21 Å². The highest BCUT2D eigenvalue weighted by atomic mass is 32.2. The van der Waals surface area contributed by atoms with Crippen LogP contribution < -0.4 is 0 Å². The van der Waals surface area contributed by atoms with Crippen molar-refractivity contribution < 1.29 is 18.7 Å². The van der Waals surface area contributed by atoms with E-state index in [0.717, 1.165) is 0 Å². The number of hydrogen-bond acceptors (Lipinski definition) is 2. The number of carboxylic acids is 1. The summed E-state index contributed by atoms with van der Waals surface area (Å²) in [4.78, 5) is 9.91. The van der Waals surface area contributed by atoms with E-state index in [1.165, 1.54) is 0 Å². The van der Waals surface area contributed by atoms with Gasteiger partial charge in [0.1, 0.15) is 0 Å². The van der Waals surface area contributed by atoms with Gasteiger partial charge in [0, 0.05) is 12.2 Å². The monoisotopic (exact) mass is 166 g/mol. The number of rotatable bonds is 5. The summed E-state index contributed by atoms with van der Waals surface area (Å²) in [7, 11) is 0. The third-order valence-electron chi connectivity index (χ3n) is 0.960. The summed E-state index contributed by atoms with van der Waals surface area (Å²) in [6, 6.07) is 0. The van der Waals surface area contributed by atoms with E-state index in [1.54, 1.807) is 0 Å². The molecule has 0 radical (unpaired) electrons. The van der Waals surface area contributed by atoms with Crippen LogP contribution in [0.5, 0.6) is 0 Å². The van der Waals surface area contributed by atoms with Crippen LogP contribution in [0.2, 0.25) is 0 Å². The molecule has 0 spiro atoms. The third-order valence-corrected chi connectivity index (χ3v) is 1.60. The van der Waals surface area contributed by atoms with Crippen molar-refractivity contribution in [1.82, 2.24) is 0 Å². The average Bonchev–Trinajstić information content (AvgIpc) is 1.79. The van der Waals surface area contributed by atoms with Gasteiger partial charge in [0.15, 0.2) is 11.1 Å². The van der Waals surface area contributed by atoms with Gasteiger partial charge in [-0.1, -0.05) is 0 Å². The summed E-state index contributed by atoms with van der Waals surface area (Å²) in [5.41, 5.74) is 0. The van der Waals surface area contributed by atoms with E-state index in [-0.39, 0.29) is 12.2 Å². The maximum absolute atomic E-state index is 10.0. The van der Waals surface area contributed by atoms with Crippen molar-refractivity contribution in [3.8, 4) is 0 Å². The lowest BCUT2D eigenvalue weighted by atomic mass is 10.3. The lowest BCUT2D eigenvalue weighted by molar-refractivity contribution is -0.137. The van der Waals surface area contributed by atoms with Crippen LogP contribution in [0.3, 0.4) is 0 Å². The van der Waals surface area contributed by atoms with E-state index in [4.69, 9.17) is 9.66 Å². The summed E-state index contributed by atoms with van der Waals surface area (Å²) in [6.45, 7) is 0. The molecule has 0 heterocycles. The van der Waals surface area contributed by atoms with Gasteiger partial charge in [0.25, 0.3) is 0 Å². The van der Waals surface area contributed by atoms with Gasteiger partial charge in [0.05, 0.1) is 0 Å². The Kier molecular flexibility index (Phi) is 5.15. The van der Waals surface area contributed by atoms with Crippen LogP contribution in [0.15, 0.2) is 0 Å². The Bertz CT molecular complexity index is 118. The smallest absolute Gasteiger partial charge is 0.303 e. The van der Waals surface area contributed by atoms with E-state index in [1.807, 2.05) is 0 Å². The van der Waals surface area contributed by atoms with E-state index in [0.29, 0.717) is 12.8 Å². The first-order valence-electron chi connectivity index (χ1n) is 2.92.